The lowest BCUT2D eigenvalue weighted by Crippen LogP contribution is -1.94. The molecule has 1 fully saturated rings. The van der Waals surface area contributed by atoms with Gasteiger partial charge in [0.2, 0.25) is 0 Å². The molecule has 1 aliphatic heterocycles. The minimum absolute atomic E-state index is 0.0323. The molecule has 0 bridgehead atoms. The predicted octanol–water partition coefficient (Wildman–Crippen LogP) is 3.69. The van der Waals surface area contributed by atoms with Gasteiger partial charge in [-0.05, 0) is 36.1 Å². The van der Waals surface area contributed by atoms with Gasteiger partial charge in [-0.1, -0.05) is 18.2 Å². The summed E-state index contributed by atoms with van der Waals surface area (Å²) >= 11 is 3.47. The molecular weight excluding hydrogens is 264 g/mol. The van der Waals surface area contributed by atoms with Crippen LogP contribution in [0.1, 0.15) is 12.0 Å². The minimum Gasteiger partial charge on any atom is -0.507 e. The fourth-order valence-corrected chi connectivity index (χ4v) is 3.89. The average molecular weight is 278 g/mol. The van der Waals surface area contributed by atoms with Gasteiger partial charge in [-0.2, -0.15) is 0 Å². The van der Waals surface area contributed by atoms with Gasteiger partial charge in [0.1, 0.15) is 5.75 Å². The quantitative estimate of drug-likeness (QED) is 0.856. The molecule has 0 aliphatic carbocycles. The zero-order chi connectivity index (χ0) is 12.8. The van der Waals surface area contributed by atoms with Crippen LogP contribution in [0.15, 0.2) is 40.7 Å². The molecule has 1 aromatic rings. The smallest absolute Gasteiger partial charge is 0.180 e. The first-order valence-corrected chi connectivity index (χ1v) is 7.70. The molecule has 0 amide bonds. The van der Waals surface area contributed by atoms with Crippen LogP contribution in [0, 0.1) is 0 Å². The molecule has 1 saturated heterocycles. The summed E-state index contributed by atoms with van der Waals surface area (Å²) < 4.78 is 1.09. The first-order valence-electron chi connectivity index (χ1n) is 5.73. The van der Waals surface area contributed by atoms with E-state index in [0.29, 0.717) is 5.56 Å². The van der Waals surface area contributed by atoms with Gasteiger partial charge in [0.15, 0.2) is 5.78 Å². The summed E-state index contributed by atoms with van der Waals surface area (Å²) in [6.45, 7) is 0. The number of carbonyl (C=O) groups is 1. The Kier molecular flexibility index (Phi) is 4.96. The van der Waals surface area contributed by atoms with E-state index in [1.54, 1.807) is 53.9 Å². The predicted molar refractivity (Wildman–Crippen MR) is 79.8 cm³/mol. The van der Waals surface area contributed by atoms with Crippen molar-refractivity contribution in [3.63, 3.8) is 0 Å². The largest absolute Gasteiger partial charge is 0.507 e. The van der Waals surface area contributed by atoms with Crippen molar-refractivity contribution >= 4 is 35.4 Å². The van der Waals surface area contributed by atoms with Crippen molar-refractivity contribution in [2.75, 3.05) is 11.5 Å². The van der Waals surface area contributed by atoms with Gasteiger partial charge < -0.3 is 5.11 Å². The highest BCUT2D eigenvalue weighted by Gasteiger charge is 2.07. The second kappa shape index (κ2) is 6.71. The van der Waals surface area contributed by atoms with Crippen molar-refractivity contribution in [1.82, 2.24) is 0 Å². The topological polar surface area (TPSA) is 37.3 Å². The van der Waals surface area contributed by atoms with E-state index >= 15 is 0 Å². The number of benzene rings is 1. The van der Waals surface area contributed by atoms with Crippen molar-refractivity contribution in [3.8, 4) is 5.75 Å². The Hall–Kier alpha value is -1.13. The summed E-state index contributed by atoms with van der Waals surface area (Å²) in [7, 11) is 0. The normalized spacial score (nSPS) is 15.9. The molecule has 1 heterocycles. The van der Waals surface area contributed by atoms with Crippen molar-refractivity contribution in [1.29, 1.82) is 0 Å². The highest BCUT2D eigenvalue weighted by atomic mass is 32.2. The number of ketones is 1. The number of rotatable bonds is 3. The summed E-state index contributed by atoms with van der Waals surface area (Å²) in [4.78, 5) is 11.7. The van der Waals surface area contributed by atoms with Crippen LogP contribution >= 0.6 is 23.5 Å². The maximum absolute atomic E-state index is 11.7. The molecule has 94 valence electrons. The molecule has 1 aliphatic rings. The number of para-hydroxylation sites is 1. The Labute approximate surface area is 115 Å². The van der Waals surface area contributed by atoms with Crippen LogP contribution in [0.5, 0.6) is 5.75 Å². The molecule has 0 unspecified atom stereocenters. The van der Waals surface area contributed by atoms with Crippen LogP contribution in [-0.2, 0) is 4.79 Å². The van der Waals surface area contributed by atoms with E-state index < -0.39 is 0 Å². The Bertz CT molecular complexity index is 484. The minimum atomic E-state index is -0.0323. The van der Waals surface area contributed by atoms with Gasteiger partial charge in [-0.25, -0.2) is 0 Å². The van der Waals surface area contributed by atoms with Crippen molar-refractivity contribution in [3.05, 3.63) is 46.2 Å². The molecule has 2 nitrogen and oxygen atoms in total. The van der Waals surface area contributed by atoms with Gasteiger partial charge in [0.05, 0.1) is 0 Å². The molecule has 1 aromatic carbocycles. The van der Waals surface area contributed by atoms with Crippen LogP contribution in [0.2, 0.25) is 0 Å². The Morgan fingerprint density at radius 2 is 1.94 bits per heavy atom. The number of phenolic OH excluding ortho intramolecular Hbond substituents is 1. The fraction of sp³-hybridized carbons (Fsp3) is 0.214. The van der Waals surface area contributed by atoms with Crippen LogP contribution in [0.4, 0.5) is 0 Å². The molecule has 0 spiro atoms. The molecule has 4 heteroatoms. The fourth-order valence-electron chi connectivity index (χ4n) is 1.49. The number of hydrogen-bond acceptors (Lipinski definition) is 4. The van der Waals surface area contributed by atoms with Crippen LogP contribution in [0.25, 0.3) is 6.08 Å². The van der Waals surface area contributed by atoms with Gasteiger partial charge in [-0.3, -0.25) is 4.79 Å². The number of hydrogen-bond donors (Lipinski definition) is 1. The molecule has 0 radical (unpaired) electrons. The summed E-state index contributed by atoms with van der Waals surface area (Å²) in [5, 5.41) is 9.56. The molecule has 1 N–H and O–H groups in total. The van der Waals surface area contributed by atoms with Crippen molar-refractivity contribution < 1.29 is 9.90 Å². The summed E-state index contributed by atoms with van der Waals surface area (Å²) in [6, 6.07) is 6.97. The number of allylic oxidation sites excluding steroid dienone is 2. The summed E-state index contributed by atoms with van der Waals surface area (Å²) in [5.41, 5.74) is 0.660. The van der Waals surface area contributed by atoms with E-state index in [0.717, 1.165) is 15.7 Å². The second-order valence-corrected chi connectivity index (χ2v) is 6.34. The third-order valence-electron chi connectivity index (χ3n) is 2.40. The lowest BCUT2D eigenvalue weighted by molar-refractivity contribution is -0.110. The van der Waals surface area contributed by atoms with E-state index in [1.807, 2.05) is 6.07 Å². The van der Waals surface area contributed by atoms with E-state index in [4.69, 9.17) is 0 Å². The van der Waals surface area contributed by atoms with E-state index in [1.165, 1.54) is 12.5 Å². The second-order valence-electron chi connectivity index (χ2n) is 3.81. The Morgan fingerprint density at radius 3 is 2.67 bits per heavy atom. The standard InChI is InChI=1S/C14H14O2S2/c15-12(10-14-17-8-3-9-18-14)7-6-11-4-1-2-5-13(11)16/h1-2,4-7,10,16H,3,8-9H2/b7-6+. The molecule has 0 saturated carbocycles. The zero-order valence-electron chi connectivity index (χ0n) is 9.83. The number of phenols is 1. The maximum Gasteiger partial charge on any atom is 0.180 e. The van der Waals surface area contributed by atoms with Crippen LogP contribution in [-0.4, -0.2) is 22.4 Å². The van der Waals surface area contributed by atoms with Gasteiger partial charge in [0, 0.05) is 15.9 Å². The Balaban J connectivity index is 2.01. The summed E-state index contributed by atoms with van der Waals surface area (Å²) in [5.74, 6) is 2.34. The lowest BCUT2D eigenvalue weighted by atomic mass is 10.2. The third kappa shape index (κ3) is 3.96. The van der Waals surface area contributed by atoms with E-state index in [9.17, 15) is 9.90 Å². The van der Waals surface area contributed by atoms with Crippen molar-refractivity contribution in [2.45, 2.75) is 6.42 Å². The third-order valence-corrected chi connectivity index (χ3v) is 4.90. The highest BCUT2D eigenvalue weighted by molar-refractivity contribution is 8.22. The van der Waals surface area contributed by atoms with Gasteiger partial charge >= 0.3 is 0 Å². The first-order chi connectivity index (χ1) is 8.75. The van der Waals surface area contributed by atoms with Crippen LogP contribution in [0.3, 0.4) is 0 Å². The molecule has 0 aromatic heterocycles. The highest BCUT2D eigenvalue weighted by Crippen LogP contribution is 2.34. The lowest BCUT2D eigenvalue weighted by Gasteiger charge is -2.11. The number of aromatic hydroxyl groups is 1. The number of carbonyl (C=O) groups excluding carboxylic acids is 1. The molecule has 2 rings (SSSR count). The van der Waals surface area contributed by atoms with Gasteiger partial charge in [0.25, 0.3) is 0 Å². The maximum atomic E-state index is 11.7. The van der Waals surface area contributed by atoms with E-state index in [2.05, 4.69) is 0 Å². The zero-order valence-corrected chi connectivity index (χ0v) is 11.5. The SMILES string of the molecule is O=C(C=C1SCCCS1)/C=C/c1ccccc1O. The molecular formula is C14H14O2S2. The first kappa shape index (κ1) is 13.3. The molecule has 18 heavy (non-hydrogen) atoms. The van der Waals surface area contributed by atoms with Crippen molar-refractivity contribution in [2.24, 2.45) is 0 Å². The molecule has 0 atom stereocenters. The Morgan fingerprint density at radius 1 is 1.22 bits per heavy atom. The average Bonchev–Trinajstić information content (AvgIpc) is 2.39. The summed E-state index contributed by atoms with van der Waals surface area (Å²) in [6.07, 6.45) is 6.02. The monoisotopic (exact) mass is 278 g/mol. The van der Waals surface area contributed by atoms with Gasteiger partial charge in [-0.15, -0.1) is 23.5 Å². The van der Waals surface area contributed by atoms with Crippen LogP contribution < -0.4 is 0 Å². The number of thioether (sulfide) groups is 2. The van der Waals surface area contributed by atoms with E-state index in [-0.39, 0.29) is 11.5 Å².